The third-order valence-electron chi connectivity index (χ3n) is 2.68. The summed E-state index contributed by atoms with van der Waals surface area (Å²) in [5, 5.41) is 14.3. The lowest BCUT2D eigenvalue weighted by molar-refractivity contribution is -0.384. The van der Waals surface area contributed by atoms with Gasteiger partial charge in [0, 0.05) is 18.2 Å². The van der Waals surface area contributed by atoms with Gasteiger partial charge in [0.25, 0.3) is 5.69 Å². The molecule has 0 spiro atoms. The number of aromatic nitrogens is 1. The van der Waals surface area contributed by atoms with Gasteiger partial charge < -0.3 is 9.73 Å². The summed E-state index contributed by atoms with van der Waals surface area (Å²) < 4.78 is 5.35. The molecule has 0 bridgehead atoms. The first-order valence-corrected chi connectivity index (χ1v) is 6.30. The molecule has 6 heteroatoms. The van der Waals surface area contributed by atoms with Crippen molar-refractivity contribution in [3.63, 3.8) is 0 Å². The van der Waals surface area contributed by atoms with Crippen molar-refractivity contribution in [3.8, 4) is 11.5 Å². The fourth-order valence-corrected chi connectivity index (χ4v) is 1.68. The Bertz CT molecular complexity index is 614. The average molecular weight is 275 g/mol. The van der Waals surface area contributed by atoms with Gasteiger partial charge in [0.15, 0.2) is 0 Å². The van der Waals surface area contributed by atoms with Crippen LogP contribution in [0.15, 0.2) is 34.9 Å². The fourth-order valence-electron chi connectivity index (χ4n) is 1.68. The number of oxazole rings is 1. The molecule has 1 aromatic carbocycles. The Kier molecular flexibility index (Phi) is 3.85. The van der Waals surface area contributed by atoms with E-state index in [0.29, 0.717) is 17.8 Å². The molecule has 0 atom stereocenters. The molecule has 0 aliphatic rings. The van der Waals surface area contributed by atoms with Crippen molar-refractivity contribution in [3.05, 3.63) is 46.3 Å². The second-order valence-electron chi connectivity index (χ2n) is 5.52. The molecular weight excluding hydrogens is 258 g/mol. The smallest absolute Gasteiger partial charge is 0.282 e. The molecule has 1 aromatic heterocycles. The maximum Gasteiger partial charge on any atom is 0.282 e. The van der Waals surface area contributed by atoms with Crippen molar-refractivity contribution in [2.75, 3.05) is 0 Å². The van der Waals surface area contributed by atoms with Crippen molar-refractivity contribution >= 4 is 5.69 Å². The predicted molar refractivity (Wildman–Crippen MR) is 75.2 cm³/mol. The highest BCUT2D eigenvalue weighted by atomic mass is 16.6. The molecule has 0 aliphatic heterocycles. The Hall–Kier alpha value is -2.21. The van der Waals surface area contributed by atoms with Gasteiger partial charge in [-0.25, -0.2) is 4.98 Å². The van der Waals surface area contributed by atoms with Gasteiger partial charge >= 0.3 is 0 Å². The second kappa shape index (κ2) is 5.42. The number of nitrogens with zero attached hydrogens (tertiary/aromatic N) is 2. The number of para-hydroxylation sites is 1. The van der Waals surface area contributed by atoms with E-state index >= 15 is 0 Å². The first kappa shape index (κ1) is 14.2. The van der Waals surface area contributed by atoms with Gasteiger partial charge in [-0.05, 0) is 26.8 Å². The number of benzene rings is 1. The van der Waals surface area contributed by atoms with Crippen LogP contribution in [0, 0.1) is 10.1 Å². The van der Waals surface area contributed by atoms with E-state index in [9.17, 15) is 10.1 Å². The molecular formula is C14H17N3O3. The highest BCUT2D eigenvalue weighted by molar-refractivity contribution is 5.66. The minimum Gasteiger partial charge on any atom is -0.444 e. The molecule has 1 N–H and O–H groups in total. The highest BCUT2D eigenvalue weighted by Gasteiger charge is 2.19. The van der Waals surface area contributed by atoms with E-state index in [2.05, 4.69) is 31.1 Å². The van der Waals surface area contributed by atoms with Crippen LogP contribution >= 0.6 is 0 Å². The van der Waals surface area contributed by atoms with Gasteiger partial charge in [-0.2, -0.15) is 0 Å². The van der Waals surface area contributed by atoms with Gasteiger partial charge in [0.05, 0.1) is 10.6 Å². The van der Waals surface area contributed by atoms with Crippen molar-refractivity contribution in [1.82, 2.24) is 10.3 Å². The van der Waals surface area contributed by atoms with Crippen LogP contribution in [0.25, 0.3) is 11.5 Å². The number of hydrogen-bond acceptors (Lipinski definition) is 5. The Balaban J connectivity index is 2.23. The van der Waals surface area contributed by atoms with E-state index in [0.717, 1.165) is 0 Å². The van der Waals surface area contributed by atoms with E-state index in [-0.39, 0.29) is 17.1 Å². The lowest BCUT2D eigenvalue weighted by Crippen LogP contribution is -2.35. The van der Waals surface area contributed by atoms with Gasteiger partial charge in [-0.15, -0.1) is 0 Å². The number of rotatable bonds is 4. The molecule has 6 nitrogen and oxygen atoms in total. The summed E-state index contributed by atoms with van der Waals surface area (Å²) in [6, 6.07) is 6.41. The topological polar surface area (TPSA) is 81.2 Å². The van der Waals surface area contributed by atoms with E-state index in [1.54, 1.807) is 18.2 Å². The molecule has 1 heterocycles. The quantitative estimate of drug-likeness (QED) is 0.684. The summed E-state index contributed by atoms with van der Waals surface area (Å²) in [5.74, 6) is 0.267. The SMILES string of the molecule is CC(C)(C)NCc1coc(-c2ccccc2[N+](=O)[O-])n1. The van der Waals surface area contributed by atoms with Crippen LogP contribution in [0.2, 0.25) is 0 Å². The van der Waals surface area contributed by atoms with E-state index in [4.69, 9.17) is 4.42 Å². The average Bonchev–Trinajstić information content (AvgIpc) is 2.84. The zero-order valence-electron chi connectivity index (χ0n) is 11.7. The molecule has 0 amide bonds. The summed E-state index contributed by atoms with van der Waals surface area (Å²) in [4.78, 5) is 14.8. The van der Waals surface area contributed by atoms with Crippen molar-refractivity contribution in [1.29, 1.82) is 0 Å². The molecule has 0 saturated carbocycles. The molecule has 0 saturated heterocycles. The molecule has 2 aromatic rings. The Morgan fingerprint density at radius 3 is 2.70 bits per heavy atom. The first-order valence-electron chi connectivity index (χ1n) is 6.30. The molecule has 0 aliphatic carbocycles. The van der Waals surface area contributed by atoms with Gasteiger partial charge in [0.2, 0.25) is 5.89 Å². The van der Waals surface area contributed by atoms with Gasteiger partial charge in [-0.3, -0.25) is 10.1 Å². The van der Waals surface area contributed by atoms with Crippen LogP contribution in [0.1, 0.15) is 26.5 Å². The summed E-state index contributed by atoms with van der Waals surface area (Å²) in [6.07, 6.45) is 1.52. The third-order valence-corrected chi connectivity index (χ3v) is 2.68. The summed E-state index contributed by atoms with van der Waals surface area (Å²) in [5.41, 5.74) is 1.06. The van der Waals surface area contributed by atoms with Crippen LogP contribution in [-0.4, -0.2) is 15.4 Å². The van der Waals surface area contributed by atoms with Crippen LogP contribution in [0.3, 0.4) is 0 Å². The largest absolute Gasteiger partial charge is 0.444 e. The minimum absolute atomic E-state index is 0.00956. The predicted octanol–water partition coefficient (Wildman–Crippen LogP) is 3.14. The fraction of sp³-hybridized carbons (Fsp3) is 0.357. The molecule has 0 fully saturated rings. The maximum atomic E-state index is 11.0. The van der Waals surface area contributed by atoms with Crippen molar-refractivity contribution in [2.24, 2.45) is 0 Å². The van der Waals surface area contributed by atoms with Gasteiger partial charge in [0.1, 0.15) is 11.8 Å². The zero-order valence-corrected chi connectivity index (χ0v) is 11.7. The van der Waals surface area contributed by atoms with Crippen molar-refractivity contribution in [2.45, 2.75) is 32.9 Å². The molecule has 0 unspecified atom stereocenters. The summed E-state index contributed by atoms with van der Waals surface area (Å²) >= 11 is 0. The summed E-state index contributed by atoms with van der Waals surface area (Å²) in [7, 11) is 0. The molecule has 2 rings (SSSR count). The number of hydrogen-bond donors (Lipinski definition) is 1. The van der Waals surface area contributed by atoms with Crippen LogP contribution < -0.4 is 5.32 Å². The Morgan fingerprint density at radius 2 is 2.05 bits per heavy atom. The van der Waals surface area contributed by atoms with Crippen LogP contribution in [0.5, 0.6) is 0 Å². The van der Waals surface area contributed by atoms with E-state index in [1.165, 1.54) is 12.3 Å². The van der Waals surface area contributed by atoms with Crippen molar-refractivity contribution < 1.29 is 9.34 Å². The normalized spacial score (nSPS) is 11.6. The van der Waals surface area contributed by atoms with Crippen LogP contribution in [-0.2, 0) is 6.54 Å². The lowest BCUT2D eigenvalue weighted by atomic mass is 10.1. The molecule has 20 heavy (non-hydrogen) atoms. The number of nitrogens with one attached hydrogen (secondary N) is 1. The molecule has 0 radical (unpaired) electrons. The first-order chi connectivity index (χ1) is 9.37. The number of nitro benzene ring substituents is 1. The lowest BCUT2D eigenvalue weighted by Gasteiger charge is -2.19. The summed E-state index contributed by atoms with van der Waals surface area (Å²) in [6.45, 7) is 6.70. The standard InChI is InChI=1S/C14H17N3O3/c1-14(2,3)15-8-10-9-20-13(16-10)11-6-4-5-7-12(11)17(18)19/h4-7,9,15H,8H2,1-3H3. The number of nitro groups is 1. The maximum absolute atomic E-state index is 11.0. The van der Waals surface area contributed by atoms with E-state index in [1.807, 2.05) is 0 Å². The van der Waals surface area contributed by atoms with Crippen LogP contribution in [0.4, 0.5) is 5.69 Å². The van der Waals surface area contributed by atoms with Gasteiger partial charge in [-0.1, -0.05) is 12.1 Å². The molecule has 106 valence electrons. The minimum atomic E-state index is -0.438. The second-order valence-corrected chi connectivity index (χ2v) is 5.52. The Morgan fingerprint density at radius 1 is 1.35 bits per heavy atom. The third kappa shape index (κ3) is 3.42. The van der Waals surface area contributed by atoms with E-state index < -0.39 is 4.92 Å². The Labute approximate surface area is 117 Å². The zero-order chi connectivity index (χ0) is 14.8. The highest BCUT2D eigenvalue weighted by Crippen LogP contribution is 2.28. The monoisotopic (exact) mass is 275 g/mol.